The summed E-state index contributed by atoms with van der Waals surface area (Å²) in [5.41, 5.74) is 10.8. The van der Waals surface area contributed by atoms with Crippen LogP contribution in [0.4, 0.5) is 16.8 Å². The number of benzene rings is 2. The van der Waals surface area contributed by atoms with E-state index in [4.69, 9.17) is 15.7 Å². The summed E-state index contributed by atoms with van der Waals surface area (Å²) in [6.07, 6.45) is 0.893. The summed E-state index contributed by atoms with van der Waals surface area (Å²) < 4.78 is 1.07. The zero-order chi connectivity index (χ0) is 23.1. The van der Waals surface area contributed by atoms with Gasteiger partial charge in [0.05, 0.1) is 10.2 Å². The molecule has 0 spiro atoms. The Hall–Kier alpha value is -3.17. The van der Waals surface area contributed by atoms with E-state index in [1.807, 2.05) is 12.1 Å². The number of fused-ring (bicyclic) bond motifs is 3. The molecule has 1 aliphatic rings. The SMILES string of the molecule is CC(C)Cc1ccc(C(N)=O)cc1Nc1nc2c(ccc3[nH]c(N4CCN(C)CC4)nc32)s1. The quantitative estimate of drug-likeness (QED) is 0.400. The molecule has 0 radical (unpaired) electrons. The number of piperazine rings is 1. The van der Waals surface area contributed by atoms with E-state index in [9.17, 15) is 4.79 Å². The standard InChI is InChI=1S/C24H29N7OS/c1-14(2)12-15-4-5-16(22(25)32)13-18(15)27-24-29-21-19(33-24)7-6-17-20(21)28-23(26-17)31-10-8-30(3)9-11-31/h4-7,13-14H,8-12H2,1-3H3,(H2,25,32)(H,26,28)(H,27,29). The van der Waals surface area contributed by atoms with Crippen LogP contribution < -0.4 is 16.0 Å². The molecule has 9 heteroatoms. The van der Waals surface area contributed by atoms with Gasteiger partial charge in [0.1, 0.15) is 11.0 Å². The number of H-pyrrole nitrogens is 1. The van der Waals surface area contributed by atoms with Gasteiger partial charge in [-0.25, -0.2) is 9.97 Å². The molecule has 5 rings (SSSR count). The molecule has 0 bridgehead atoms. The molecule has 1 amide bonds. The molecular weight excluding hydrogens is 434 g/mol. The second kappa shape index (κ2) is 8.64. The number of imidazole rings is 1. The van der Waals surface area contributed by atoms with Crippen molar-refractivity contribution in [3.05, 3.63) is 41.5 Å². The average Bonchev–Trinajstić information content (AvgIpc) is 3.38. The van der Waals surface area contributed by atoms with Crippen molar-refractivity contribution in [2.75, 3.05) is 43.4 Å². The predicted molar refractivity (Wildman–Crippen MR) is 136 cm³/mol. The summed E-state index contributed by atoms with van der Waals surface area (Å²) in [4.78, 5) is 29.6. The number of amides is 1. The van der Waals surface area contributed by atoms with Crippen molar-refractivity contribution in [1.29, 1.82) is 0 Å². The van der Waals surface area contributed by atoms with E-state index in [1.165, 1.54) is 0 Å². The summed E-state index contributed by atoms with van der Waals surface area (Å²) >= 11 is 1.58. The summed E-state index contributed by atoms with van der Waals surface area (Å²) in [5.74, 6) is 0.951. The van der Waals surface area contributed by atoms with Crippen LogP contribution in [0.5, 0.6) is 0 Å². The molecule has 4 N–H and O–H groups in total. The van der Waals surface area contributed by atoms with Crippen LogP contribution in [0.15, 0.2) is 30.3 Å². The second-order valence-corrected chi connectivity index (χ2v) is 10.2. The molecule has 8 nitrogen and oxygen atoms in total. The molecule has 4 aromatic rings. The van der Waals surface area contributed by atoms with Gasteiger partial charge in [0.2, 0.25) is 11.9 Å². The minimum absolute atomic E-state index is 0.437. The molecule has 33 heavy (non-hydrogen) atoms. The molecular formula is C24H29N7OS. The lowest BCUT2D eigenvalue weighted by molar-refractivity contribution is 0.100. The van der Waals surface area contributed by atoms with Gasteiger partial charge in [-0.1, -0.05) is 31.3 Å². The molecule has 0 saturated carbocycles. The van der Waals surface area contributed by atoms with Crippen LogP contribution in [0.25, 0.3) is 21.3 Å². The monoisotopic (exact) mass is 463 g/mol. The smallest absolute Gasteiger partial charge is 0.248 e. The summed E-state index contributed by atoms with van der Waals surface area (Å²) in [5, 5.41) is 4.22. The van der Waals surface area contributed by atoms with E-state index in [1.54, 1.807) is 17.4 Å². The molecule has 172 valence electrons. The number of aromatic nitrogens is 3. The lowest BCUT2D eigenvalue weighted by atomic mass is 9.99. The Bertz CT molecular complexity index is 1320. The van der Waals surface area contributed by atoms with Crippen molar-refractivity contribution in [3.8, 4) is 0 Å². The van der Waals surface area contributed by atoms with Crippen molar-refractivity contribution < 1.29 is 4.79 Å². The number of carbonyl (C=O) groups excluding carboxylic acids is 1. The van der Waals surface area contributed by atoms with E-state index in [0.717, 1.165) is 76.2 Å². The van der Waals surface area contributed by atoms with Crippen molar-refractivity contribution in [3.63, 3.8) is 0 Å². The van der Waals surface area contributed by atoms with Gasteiger partial charge in [-0.05, 0) is 49.2 Å². The first-order valence-electron chi connectivity index (χ1n) is 11.3. The molecule has 0 unspecified atom stereocenters. The molecule has 0 aliphatic carbocycles. The minimum atomic E-state index is -0.437. The number of thiazole rings is 1. The van der Waals surface area contributed by atoms with E-state index in [-0.39, 0.29) is 0 Å². The summed E-state index contributed by atoms with van der Waals surface area (Å²) in [7, 11) is 2.15. The predicted octanol–water partition coefficient (Wildman–Crippen LogP) is 3.97. The Kier molecular flexibility index (Phi) is 5.67. The van der Waals surface area contributed by atoms with Gasteiger partial charge in [-0.2, -0.15) is 0 Å². The number of likely N-dealkylation sites (N-methyl/N-ethyl adjacent to an activating group) is 1. The minimum Gasteiger partial charge on any atom is -0.366 e. The van der Waals surface area contributed by atoms with E-state index in [2.05, 4.69) is 53.1 Å². The normalized spacial score (nSPS) is 15.1. The Morgan fingerprint density at radius 2 is 1.94 bits per heavy atom. The van der Waals surface area contributed by atoms with Crippen molar-refractivity contribution in [1.82, 2.24) is 19.9 Å². The van der Waals surface area contributed by atoms with Gasteiger partial charge in [0.25, 0.3) is 0 Å². The van der Waals surface area contributed by atoms with Crippen molar-refractivity contribution in [2.24, 2.45) is 11.7 Å². The molecule has 1 saturated heterocycles. The van der Waals surface area contributed by atoms with Crippen LogP contribution in [-0.2, 0) is 6.42 Å². The number of nitrogens with zero attached hydrogens (tertiary/aromatic N) is 4. The van der Waals surface area contributed by atoms with Gasteiger partial charge in [-0.15, -0.1) is 0 Å². The molecule has 3 heterocycles. The summed E-state index contributed by atoms with van der Waals surface area (Å²) in [6, 6.07) is 9.74. The van der Waals surface area contributed by atoms with Gasteiger partial charge in [0.15, 0.2) is 5.13 Å². The Labute approximate surface area is 196 Å². The number of carbonyl (C=O) groups is 1. The topological polar surface area (TPSA) is 103 Å². The van der Waals surface area contributed by atoms with Gasteiger partial charge < -0.3 is 25.8 Å². The molecule has 2 aromatic carbocycles. The zero-order valence-corrected chi connectivity index (χ0v) is 20.0. The van der Waals surface area contributed by atoms with Crippen LogP contribution in [0.3, 0.4) is 0 Å². The number of anilines is 3. The number of hydrogen-bond acceptors (Lipinski definition) is 7. The highest BCUT2D eigenvalue weighted by molar-refractivity contribution is 7.22. The molecule has 1 fully saturated rings. The second-order valence-electron chi connectivity index (χ2n) is 9.14. The number of primary amides is 1. The van der Waals surface area contributed by atoms with E-state index < -0.39 is 5.91 Å². The van der Waals surface area contributed by atoms with Crippen LogP contribution in [0.1, 0.15) is 29.8 Å². The Balaban J connectivity index is 1.49. The van der Waals surface area contributed by atoms with E-state index in [0.29, 0.717) is 11.5 Å². The first-order valence-corrected chi connectivity index (χ1v) is 12.1. The first kappa shape index (κ1) is 21.7. The van der Waals surface area contributed by atoms with Gasteiger partial charge in [0, 0.05) is 37.4 Å². The fourth-order valence-electron chi connectivity index (χ4n) is 4.25. The molecule has 0 atom stereocenters. The van der Waals surface area contributed by atoms with Crippen LogP contribution >= 0.6 is 11.3 Å². The van der Waals surface area contributed by atoms with Crippen molar-refractivity contribution in [2.45, 2.75) is 20.3 Å². The number of nitrogens with one attached hydrogen (secondary N) is 2. The van der Waals surface area contributed by atoms with Crippen LogP contribution in [0, 0.1) is 5.92 Å². The average molecular weight is 464 g/mol. The number of rotatable bonds is 6. The van der Waals surface area contributed by atoms with Crippen molar-refractivity contribution >= 4 is 55.3 Å². The fourth-order valence-corrected chi connectivity index (χ4v) is 5.13. The maximum atomic E-state index is 11.7. The Morgan fingerprint density at radius 3 is 2.67 bits per heavy atom. The molecule has 1 aliphatic heterocycles. The lowest BCUT2D eigenvalue weighted by Crippen LogP contribution is -2.44. The van der Waals surface area contributed by atoms with E-state index >= 15 is 0 Å². The van der Waals surface area contributed by atoms with Gasteiger partial charge in [-0.3, -0.25) is 4.79 Å². The third kappa shape index (κ3) is 4.38. The highest BCUT2D eigenvalue weighted by Crippen LogP contribution is 2.34. The lowest BCUT2D eigenvalue weighted by Gasteiger charge is -2.32. The highest BCUT2D eigenvalue weighted by atomic mass is 32.1. The maximum absolute atomic E-state index is 11.7. The maximum Gasteiger partial charge on any atom is 0.248 e. The zero-order valence-electron chi connectivity index (χ0n) is 19.2. The largest absolute Gasteiger partial charge is 0.366 e. The number of nitrogens with two attached hydrogens (primary N) is 1. The third-order valence-electron chi connectivity index (χ3n) is 6.07. The number of aromatic amines is 1. The summed E-state index contributed by atoms with van der Waals surface area (Å²) in [6.45, 7) is 8.32. The van der Waals surface area contributed by atoms with Crippen LogP contribution in [0.2, 0.25) is 0 Å². The fraction of sp³-hybridized carbons (Fsp3) is 0.375. The highest BCUT2D eigenvalue weighted by Gasteiger charge is 2.19. The molecule has 2 aromatic heterocycles. The number of hydrogen-bond donors (Lipinski definition) is 3. The van der Waals surface area contributed by atoms with Gasteiger partial charge >= 0.3 is 0 Å². The first-order chi connectivity index (χ1) is 15.9. The third-order valence-corrected chi connectivity index (χ3v) is 7.00. The van der Waals surface area contributed by atoms with Crippen LogP contribution in [-0.4, -0.2) is 59.0 Å². The Morgan fingerprint density at radius 1 is 1.15 bits per heavy atom.